The highest BCUT2D eigenvalue weighted by Gasteiger charge is 2.57. The average molecular weight is 1640 g/mol. The maximum absolute atomic E-state index is 13.4. The molecule has 10 aliphatic carbocycles. The summed E-state index contributed by atoms with van der Waals surface area (Å²) in [6.45, 7) is 24.3. The van der Waals surface area contributed by atoms with Crippen LogP contribution in [0, 0.1) is 17.3 Å². The Balaban J connectivity index is 0.000000154. The van der Waals surface area contributed by atoms with Gasteiger partial charge in [0, 0.05) is 102 Å². The number of nitrogens with one attached hydrogen (secondary N) is 3. The zero-order chi connectivity index (χ0) is 85.1. The number of benzene rings is 3. The number of carboxylic acid groups (broad SMARTS) is 2. The molecule has 0 aliphatic heterocycles. The lowest BCUT2D eigenvalue weighted by molar-refractivity contribution is -0.143. The first-order valence-electron chi connectivity index (χ1n) is 43.3. The number of nitrogens with zero attached hydrogens (tertiary/aromatic N) is 7. The molecule has 28 nitrogen and oxygen atoms in total. The van der Waals surface area contributed by atoms with Crippen LogP contribution in [0.15, 0.2) is 105 Å². The first kappa shape index (κ1) is 89.9. The minimum Gasteiger partial charge on any atom is -0.481 e. The fourth-order valence-corrected chi connectivity index (χ4v) is 16.8. The van der Waals surface area contributed by atoms with Crippen molar-refractivity contribution >= 4 is 42.1 Å². The lowest BCUT2D eigenvalue weighted by Crippen LogP contribution is -2.45. The third-order valence-corrected chi connectivity index (χ3v) is 24.6. The second-order valence-corrected chi connectivity index (χ2v) is 39.1. The van der Waals surface area contributed by atoms with Crippen LogP contribution in [0.1, 0.15) is 313 Å². The van der Waals surface area contributed by atoms with Crippen LogP contribution < -0.4 is 33.2 Å². The average Bonchev–Trinajstić information content (AvgIpc) is 1.59. The first-order valence-corrected chi connectivity index (χ1v) is 43.3. The minimum absolute atomic E-state index is 0.0421. The van der Waals surface area contributed by atoms with E-state index in [1.807, 2.05) is 124 Å². The van der Waals surface area contributed by atoms with E-state index in [4.69, 9.17) is 70.6 Å². The molecule has 0 radical (unpaired) electrons. The Kier molecular flexibility index (Phi) is 29.1. The van der Waals surface area contributed by atoms with E-state index in [9.17, 15) is 28.8 Å². The summed E-state index contributed by atoms with van der Waals surface area (Å²) in [5, 5.41) is 48.0. The van der Waals surface area contributed by atoms with Gasteiger partial charge in [-0.25, -0.2) is 19.2 Å². The van der Waals surface area contributed by atoms with Gasteiger partial charge < -0.3 is 86.4 Å². The molecule has 2 heterocycles. The molecule has 3 unspecified atom stereocenters. The molecule has 0 bridgehead atoms. The van der Waals surface area contributed by atoms with Gasteiger partial charge in [-0.2, -0.15) is 9.97 Å². The molecule has 3 aromatic carbocycles. The number of hydrogen-bond donors (Lipinski definition) is 9. The van der Waals surface area contributed by atoms with Gasteiger partial charge in [-0.15, -0.1) is 0 Å². The van der Waals surface area contributed by atoms with E-state index >= 15 is 0 Å². The normalized spacial score (nSPS) is 27.5. The van der Waals surface area contributed by atoms with Gasteiger partial charge in [-0.05, 0) is 260 Å². The fourth-order valence-electron chi connectivity index (χ4n) is 16.8. The van der Waals surface area contributed by atoms with Crippen molar-refractivity contribution in [3.63, 3.8) is 0 Å². The van der Waals surface area contributed by atoms with Gasteiger partial charge in [-0.3, -0.25) is 9.59 Å². The Hall–Kier alpha value is -8.89. The van der Waals surface area contributed by atoms with Crippen LogP contribution in [-0.2, 0) is 39.4 Å². The molecule has 10 aliphatic rings. The summed E-state index contributed by atoms with van der Waals surface area (Å²) in [7, 11) is 0. The van der Waals surface area contributed by atoms with E-state index in [2.05, 4.69) is 86.0 Å². The van der Waals surface area contributed by atoms with Crippen LogP contribution in [0.3, 0.4) is 0 Å². The number of carboxylic acids is 2. The summed E-state index contributed by atoms with van der Waals surface area (Å²) in [6, 6.07) is 32.9. The second-order valence-electron chi connectivity index (χ2n) is 39.1. The second kappa shape index (κ2) is 38.2. The highest BCUT2D eigenvalue weighted by molar-refractivity contribution is 5.89. The number of aliphatic carboxylic acids is 2. The number of amidine groups is 1. The number of carbonyl (C=O) groups is 6. The van der Waals surface area contributed by atoms with Crippen LogP contribution >= 0.6 is 0 Å². The number of amides is 4. The number of nitrogens with two attached hydrogens (primary N) is 3. The molecule has 6 atom stereocenters. The lowest BCUT2D eigenvalue weighted by atomic mass is 9.86. The third-order valence-electron chi connectivity index (χ3n) is 24.6. The SMILES string of the molecule is CC(C)(C)OC(=O)N(CC1(C(N)=NO)CC1)[C@H]1CC1c1ccccc1.CC(C)(C)OC(=O)NC1CCC(C(=O)O)CC1.CC(C)(C)OC(=O)NC1CCC(c2nc(C3(CN(C(=O)OC(C)(C)C)[C@H]4CC4c4ccccc4)CC3)no2)CC1.NC1CCC(C(=O)O)CC1.NC1CCC(c2nc(C3(CN[C@H]4CC4c4ccccc4)CC3)no2)CC1. The Labute approximate surface area is 696 Å². The number of oxime groups is 1. The molecule has 5 aromatic rings. The number of rotatable bonds is 21. The summed E-state index contributed by atoms with van der Waals surface area (Å²) < 4.78 is 33.5. The molecule has 118 heavy (non-hydrogen) atoms. The standard InChI is InChI=1S/C31H44N4O5.C21H28N4O.C19H27N3O3.C12H21NO4.C7H13NO2/c1-29(2,3)38-27(36)32-22-14-12-21(13-15-22)25-33-26(34-40-25)31(16-17-31)19-35(28(37)39-30(4,5)6)24-18-23(24)20-10-8-7-9-11-20;22-16-8-6-15(7-9-16)19-24-20(25-26-19)21(10-11-21)13-23-18-12-17(18)14-4-2-1-3-5-14;1-18(2,3)25-17(23)22(12-19(9-10-19)16(20)21-24)15-11-14(15)13-7-5-4-6-8-13;1-12(2,3)17-11(16)13-9-6-4-8(5-7-9)10(14)15;8-6-3-1-5(2-4-6)7(9)10/h7-11,21-24H,12-19H2,1-6H3,(H,32,36);1-5,15-18,23H,6-13,22H2;4-8,14-15,24H,9-12H2,1-3H3,(H2,20,21);8-9H,4-7H2,1-3H3,(H,13,16)(H,14,15);5-6H,1-4,8H2,(H,9,10)/t21?,22?,23?,24-;15?,16?,17?,18-;14?,15-;;/m000../s1. The maximum Gasteiger partial charge on any atom is 0.410 e. The highest BCUT2D eigenvalue weighted by Crippen LogP contribution is 2.55. The number of carbonyl (C=O) groups excluding carboxylic acids is 4. The van der Waals surface area contributed by atoms with Crippen LogP contribution in [0.5, 0.6) is 0 Å². The van der Waals surface area contributed by atoms with Crippen molar-refractivity contribution in [2.24, 2.45) is 39.6 Å². The highest BCUT2D eigenvalue weighted by atomic mass is 16.6. The molecule has 0 saturated heterocycles. The van der Waals surface area contributed by atoms with E-state index in [1.165, 1.54) is 23.1 Å². The quantitative estimate of drug-likeness (QED) is 0.0108. The smallest absolute Gasteiger partial charge is 0.410 e. The van der Waals surface area contributed by atoms with Crippen molar-refractivity contribution in [2.75, 3.05) is 19.6 Å². The summed E-state index contributed by atoms with van der Waals surface area (Å²) in [4.78, 5) is 84.4. The van der Waals surface area contributed by atoms with E-state index in [1.54, 1.807) is 4.90 Å². The Morgan fingerprint density at radius 2 is 0.831 bits per heavy atom. The molecule has 648 valence electrons. The van der Waals surface area contributed by atoms with E-state index in [0.717, 1.165) is 147 Å². The van der Waals surface area contributed by atoms with Crippen molar-refractivity contribution in [3.8, 4) is 0 Å². The Bertz CT molecular complexity index is 4130. The van der Waals surface area contributed by atoms with E-state index in [0.29, 0.717) is 86.2 Å². The third kappa shape index (κ3) is 26.3. The molecule has 28 heteroatoms. The molecular formula is C90H133N13O15. The molecule has 12 N–H and O–H groups in total. The predicted molar refractivity (Wildman–Crippen MR) is 446 cm³/mol. The van der Waals surface area contributed by atoms with Gasteiger partial charge in [0.2, 0.25) is 11.8 Å². The van der Waals surface area contributed by atoms with Crippen LogP contribution in [-0.4, -0.2) is 172 Å². The summed E-state index contributed by atoms with van der Waals surface area (Å²) >= 11 is 0. The van der Waals surface area contributed by atoms with Crippen LogP contribution in [0.4, 0.5) is 19.2 Å². The van der Waals surface area contributed by atoms with Crippen molar-refractivity contribution in [1.29, 1.82) is 0 Å². The zero-order valence-electron chi connectivity index (χ0n) is 71.6. The summed E-state index contributed by atoms with van der Waals surface area (Å²) in [5.74, 6) is 3.42. The largest absolute Gasteiger partial charge is 0.481 e. The van der Waals surface area contributed by atoms with Gasteiger partial charge in [0.05, 0.1) is 17.3 Å². The van der Waals surface area contributed by atoms with Crippen molar-refractivity contribution in [2.45, 2.75) is 349 Å². The molecular weight excluding hydrogens is 1500 g/mol. The molecule has 4 amide bonds. The molecule has 0 spiro atoms. The van der Waals surface area contributed by atoms with Gasteiger partial charge >= 0.3 is 36.3 Å². The number of aromatic nitrogens is 4. The van der Waals surface area contributed by atoms with Crippen molar-refractivity contribution in [3.05, 3.63) is 131 Å². The van der Waals surface area contributed by atoms with Crippen molar-refractivity contribution < 1.29 is 72.2 Å². The topological polar surface area (TPSA) is 411 Å². The van der Waals surface area contributed by atoms with Gasteiger partial charge in [-0.1, -0.05) is 106 Å². The minimum atomic E-state index is -0.735. The Morgan fingerprint density at radius 3 is 1.20 bits per heavy atom. The summed E-state index contributed by atoms with van der Waals surface area (Å²) in [5.41, 5.74) is 18.7. The van der Waals surface area contributed by atoms with Gasteiger partial charge in [0.15, 0.2) is 11.6 Å². The number of ether oxygens (including phenoxy) is 4. The number of alkyl carbamates (subject to hydrolysis) is 2. The Morgan fingerprint density at radius 1 is 0.475 bits per heavy atom. The van der Waals surface area contributed by atoms with Gasteiger partial charge in [0.25, 0.3) is 0 Å². The monoisotopic (exact) mass is 1640 g/mol. The number of hydrogen-bond acceptors (Lipinski definition) is 21. The lowest BCUT2D eigenvalue weighted by Gasteiger charge is -2.30. The van der Waals surface area contributed by atoms with Crippen molar-refractivity contribution in [1.82, 2.24) is 46.0 Å². The van der Waals surface area contributed by atoms with E-state index in [-0.39, 0.29) is 82.9 Å². The zero-order valence-corrected chi connectivity index (χ0v) is 71.6. The molecule has 10 fully saturated rings. The maximum atomic E-state index is 13.4. The van der Waals surface area contributed by atoms with E-state index < -0.39 is 45.9 Å². The molecule has 10 saturated carbocycles. The predicted octanol–water partition coefficient (Wildman–Crippen LogP) is 15.7. The van der Waals surface area contributed by atoms with Crippen LogP contribution in [0.2, 0.25) is 0 Å². The fraction of sp³-hybridized carbons (Fsp3) is 0.678. The van der Waals surface area contributed by atoms with Crippen LogP contribution in [0.25, 0.3) is 0 Å². The molecule has 2 aromatic heterocycles. The van der Waals surface area contributed by atoms with Gasteiger partial charge in [0.1, 0.15) is 28.2 Å². The summed E-state index contributed by atoms with van der Waals surface area (Å²) in [6.07, 6.45) is 21.1. The molecule has 15 rings (SSSR count). The first-order chi connectivity index (χ1) is 55.8.